The van der Waals surface area contributed by atoms with Gasteiger partial charge >= 0.3 is 0 Å². The Bertz CT molecular complexity index is 780. The number of aryl methyl sites for hydroxylation is 3. The molecule has 5 heteroatoms. The van der Waals surface area contributed by atoms with Gasteiger partial charge in [-0.1, -0.05) is 17.7 Å². The first-order valence-electron chi connectivity index (χ1n) is 9.92. The zero-order chi connectivity index (χ0) is 19.4. The third kappa shape index (κ3) is 4.90. The summed E-state index contributed by atoms with van der Waals surface area (Å²) in [6.07, 6.45) is 2.67. The van der Waals surface area contributed by atoms with Gasteiger partial charge in [0.05, 0.1) is 12.3 Å². The quantitative estimate of drug-likeness (QED) is 0.778. The van der Waals surface area contributed by atoms with Crippen molar-refractivity contribution in [2.75, 3.05) is 19.7 Å². The van der Waals surface area contributed by atoms with E-state index in [0.717, 1.165) is 43.1 Å². The average molecular weight is 370 g/mol. The fourth-order valence-corrected chi connectivity index (χ4v) is 3.64. The van der Waals surface area contributed by atoms with E-state index in [1.165, 1.54) is 11.1 Å². The summed E-state index contributed by atoms with van der Waals surface area (Å²) in [4.78, 5) is 14.7. The van der Waals surface area contributed by atoms with Crippen molar-refractivity contribution in [1.29, 1.82) is 0 Å². The van der Waals surface area contributed by atoms with Gasteiger partial charge in [-0.3, -0.25) is 9.48 Å². The van der Waals surface area contributed by atoms with Crippen molar-refractivity contribution in [1.82, 2.24) is 14.7 Å². The summed E-state index contributed by atoms with van der Waals surface area (Å²) in [6, 6.07) is 8.15. The highest BCUT2D eigenvalue weighted by molar-refractivity contribution is 5.76. The van der Waals surface area contributed by atoms with Gasteiger partial charge in [0.1, 0.15) is 5.75 Å². The van der Waals surface area contributed by atoms with Crippen molar-refractivity contribution in [3.8, 4) is 5.75 Å². The van der Waals surface area contributed by atoms with E-state index in [-0.39, 0.29) is 5.91 Å². The Morgan fingerprint density at radius 3 is 2.59 bits per heavy atom. The van der Waals surface area contributed by atoms with Crippen molar-refractivity contribution in [2.24, 2.45) is 5.92 Å². The second-order valence-corrected chi connectivity index (χ2v) is 7.74. The molecule has 3 rings (SSSR count). The van der Waals surface area contributed by atoms with Crippen LogP contribution >= 0.6 is 0 Å². The molecule has 0 N–H and O–H groups in total. The number of amides is 1. The fraction of sp³-hybridized carbons (Fsp3) is 0.545. The predicted octanol–water partition coefficient (Wildman–Crippen LogP) is 3.82. The molecule has 27 heavy (non-hydrogen) atoms. The van der Waals surface area contributed by atoms with Crippen LogP contribution in [-0.4, -0.2) is 40.3 Å². The van der Waals surface area contributed by atoms with E-state index >= 15 is 0 Å². The molecule has 1 aliphatic rings. The van der Waals surface area contributed by atoms with Gasteiger partial charge < -0.3 is 9.64 Å². The predicted molar refractivity (Wildman–Crippen MR) is 107 cm³/mol. The summed E-state index contributed by atoms with van der Waals surface area (Å²) < 4.78 is 7.90. The standard InChI is InChI=1S/C22H31N3O2/c1-16-7-9-21(10-8-16)27-15-20-6-5-12-24(14-20)22(26)11-13-25-19(4)17(2)18(3)23-25/h7-10,20H,5-6,11-15H2,1-4H3/t20-/m0/s1. The van der Waals surface area contributed by atoms with Crippen LogP contribution in [0.25, 0.3) is 0 Å². The lowest BCUT2D eigenvalue weighted by Crippen LogP contribution is -2.41. The molecule has 0 aliphatic carbocycles. The zero-order valence-corrected chi connectivity index (χ0v) is 17.0. The molecule has 1 aliphatic heterocycles. The van der Waals surface area contributed by atoms with Gasteiger partial charge in [0.25, 0.3) is 0 Å². The monoisotopic (exact) mass is 369 g/mol. The van der Waals surface area contributed by atoms with Crippen LogP contribution in [0.5, 0.6) is 5.75 Å². The maximum atomic E-state index is 12.7. The van der Waals surface area contributed by atoms with Crippen LogP contribution in [0.1, 0.15) is 41.8 Å². The molecule has 5 nitrogen and oxygen atoms in total. The van der Waals surface area contributed by atoms with Gasteiger partial charge in [-0.2, -0.15) is 5.10 Å². The molecule has 0 bridgehead atoms. The van der Waals surface area contributed by atoms with Gasteiger partial charge in [-0.15, -0.1) is 0 Å². The summed E-state index contributed by atoms with van der Waals surface area (Å²) in [5.41, 5.74) is 4.65. The van der Waals surface area contributed by atoms with Gasteiger partial charge in [0.15, 0.2) is 0 Å². The lowest BCUT2D eigenvalue weighted by atomic mass is 9.98. The Labute approximate surface area is 162 Å². The largest absolute Gasteiger partial charge is 0.493 e. The third-order valence-electron chi connectivity index (χ3n) is 5.66. The molecular weight excluding hydrogens is 338 g/mol. The minimum atomic E-state index is 0.222. The SMILES string of the molecule is Cc1ccc(OC[C@H]2CCCN(C(=O)CCn3nc(C)c(C)c3C)C2)cc1. The highest BCUT2D eigenvalue weighted by Gasteiger charge is 2.24. The normalized spacial score (nSPS) is 17.2. The Hall–Kier alpha value is -2.30. The topological polar surface area (TPSA) is 47.4 Å². The number of aromatic nitrogens is 2. The van der Waals surface area contributed by atoms with E-state index in [1.54, 1.807) is 0 Å². The maximum Gasteiger partial charge on any atom is 0.224 e. The molecule has 0 spiro atoms. The number of hydrogen-bond donors (Lipinski definition) is 0. The van der Waals surface area contributed by atoms with E-state index in [1.807, 2.05) is 28.6 Å². The second kappa shape index (κ2) is 8.59. The van der Waals surface area contributed by atoms with E-state index in [4.69, 9.17) is 4.74 Å². The van der Waals surface area contributed by atoms with Crippen LogP contribution in [0.3, 0.4) is 0 Å². The number of carbonyl (C=O) groups excluding carboxylic acids is 1. The first kappa shape index (κ1) is 19.5. The summed E-state index contributed by atoms with van der Waals surface area (Å²) in [5, 5.41) is 4.54. The summed E-state index contributed by atoms with van der Waals surface area (Å²) >= 11 is 0. The molecule has 0 saturated carbocycles. The molecule has 2 aromatic rings. The molecule has 2 heterocycles. The van der Waals surface area contributed by atoms with Crippen molar-refractivity contribution < 1.29 is 9.53 Å². The van der Waals surface area contributed by atoms with Crippen LogP contribution in [0, 0.1) is 33.6 Å². The Morgan fingerprint density at radius 2 is 1.93 bits per heavy atom. The summed E-state index contributed by atoms with van der Waals surface area (Å²) in [7, 11) is 0. The first-order chi connectivity index (χ1) is 12.9. The molecule has 1 amide bonds. The molecular formula is C22H31N3O2. The van der Waals surface area contributed by atoms with Crippen LogP contribution in [-0.2, 0) is 11.3 Å². The number of benzene rings is 1. The molecule has 1 aromatic carbocycles. The lowest BCUT2D eigenvalue weighted by Gasteiger charge is -2.32. The summed E-state index contributed by atoms with van der Waals surface area (Å²) in [5.74, 6) is 1.53. The lowest BCUT2D eigenvalue weighted by molar-refractivity contribution is -0.133. The zero-order valence-electron chi connectivity index (χ0n) is 17.0. The summed E-state index contributed by atoms with van der Waals surface area (Å²) in [6.45, 7) is 11.2. The molecule has 1 fully saturated rings. The fourth-order valence-electron chi connectivity index (χ4n) is 3.64. The van der Waals surface area contributed by atoms with E-state index < -0.39 is 0 Å². The first-order valence-corrected chi connectivity index (χ1v) is 9.92. The number of hydrogen-bond acceptors (Lipinski definition) is 3. The number of ether oxygens (including phenoxy) is 1. The van der Waals surface area contributed by atoms with Crippen molar-refractivity contribution >= 4 is 5.91 Å². The molecule has 0 radical (unpaired) electrons. The molecule has 1 saturated heterocycles. The number of nitrogens with zero attached hydrogens (tertiary/aromatic N) is 3. The van der Waals surface area contributed by atoms with E-state index in [2.05, 4.69) is 38.0 Å². The van der Waals surface area contributed by atoms with Gasteiger partial charge in [-0.25, -0.2) is 0 Å². The van der Waals surface area contributed by atoms with Crippen LogP contribution < -0.4 is 4.74 Å². The second-order valence-electron chi connectivity index (χ2n) is 7.74. The number of likely N-dealkylation sites (tertiary alicyclic amines) is 1. The highest BCUT2D eigenvalue weighted by atomic mass is 16.5. The number of carbonyl (C=O) groups is 1. The van der Waals surface area contributed by atoms with E-state index in [9.17, 15) is 4.79 Å². The Kier molecular flexibility index (Phi) is 6.19. The van der Waals surface area contributed by atoms with Crippen molar-refractivity contribution in [2.45, 2.75) is 53.5 Å². The molecule has 1 aromatic heterocycles. The van der Waals surface area contributed by atoms with Gasteiger partial charge in [0, 0.05) is 37.7 Å². The highest BCUT2D eigenvalue weighted by Crippen LogP contribution is 2.20. The minimum absolute atomic E-state index is 0.222. The van der Waals surface area contributed by atoms with E-state index in [0.29, 0.717) is 25.5 Å². The van der Waals surface area contributed by atoms with Crippen molar-refractivity contribution in [3.63, 3.8) is 0 Å². The average Bonchev–Trinajstić information content (AvgIpc) is 2.92. The smallest absolute Gasteiger partial charge is 0.224 e. The third-order valence-corrected chi connectivity index (χ3v) is 5.66. The molecule has 1 atom stereocenters. The van der Waals surface area contributed by atoms with Gasteiger partial charge in [-0.05, 0) is 58.2 Å². The minimum Gasteiger partial charge on any atom is -0.493 e. The Morgan fingerprint density at radius 1 is 1.19 bits per heavy atom. The maximum absolute atomic E-state index is 12.7. The Balaban J connectivity index is 1.48. The van der Waals surface area contributed by atoms with Crippen LogP contribution in [0.4, 0.5) is 0 Å². The van der Waals surface area contributed by atoms with Crippen LogP contribution in [0.15, 0.2) is 24.3 Å². The molecule has 146 valence electrons. The van der Waals surface area contributed by atoms with Crippen LogP contribution in [0.2, 0.25) is 0 Å². The number of piperidine rings is 1. The number of rotatable bonds is 6. The van der Waals surface area contributed by atoms with Crippen molar-refractivity contribution in [3.05, 3.63) is 46.8 Å². The van der Waals surface area contributed by atoms with Gasteiger partial charge in [0.2, 0.25) is 5.91 Å². The molecule has 0 unspecified atom stereocenters.